The first-order valence-electron chi connectivity index (χ1n) is 8.32. The highest BCUT2D eigenvalue weighted by molar-refractivity contribution is 7.89. The van der Waals surface area contributed by atoms with E-state index in [0.717, 1.165) is 0 Å². The quantitative estimate of drug-likeness (QED) is 0.654. The van der Waals surface area contributed by atoms with Gasteiger partial charge in [-0.1, -0.05) is 12.1 Å². The second-order valence-corrected chi connectivity index (χ2v) is 8.46. The summed E-state index contributed by atoms with van der Waals surface area (Å²) >= 11 is 0. The van der Waals surface area contributed by atoms with Crippen molar-refractivity contribution >= 4 is 21.1 Å². The maximum Gasteiger partial charge on any atom is 0.419 e. The number of nitrogens with zero attached hydrogens (tertiary/aromatic N) is 4. The molecule has 0 aliphatic carbocycles. The molecule has 140 valence electrons. The zero-order chi connectivity index (χ0) is 19.1. The molecule has 26 heavy (non-hydrogen) atoms. The van der Waals surface area contributed by atoms with Crippen LogP contribution in [0.25, 0.3) is 11.1 Å². The predicted octanol–water partition coefficient (Wildman–Crippen LogP) is 2.00. The number of oxazole rings is 1. The van der Waals surface area contributed by atoms with Crippen LogP contribution in [0.3, 0.4) is 0 Å². The van der Waals surface area contributed by atoms with Gasteiger partial charge >= 0.3 is 5.76 Å². The third kappa shape index (κ3) is 3.08. The average molecular weight is 378 g/mol. The van der Waals surface area contributed by atoms with E-state index in [0.29, 0.717) is 16.8 Å². The molecule has 2 heterocycles. The summed E-state index contributed by atoms with van der Waals surface area (Å²) < 4.78 is 35.2. The van der Waals surface area contributed by atoms with Crippen LogP contribution in [0.1, 0.15) is 25.6 Å². The van der Waals surface area contributed by atoms with Gasteiger partial charge in [0.25, 0.3) is 0 Å². The highest BCUT2D eigenvalue weighted by atomic mass is 32.2. The lowest BCUT2D eigenvalue weighted by atomic mass is 10.3. The van der Waals surface area contributed by atoms with Gasteiger partial charge in [0, 0.05) is 26.2 Å². The van der Waals surface area contributed by atoms with E-state index in [1.54, 1.807) is 35.9 Å². The monoisotopic (exact) mass is 378 g/mol. The van der Waals surface area contributed by atoms with Crippen LogP contribution in [0, 0.1) is 6.92 Å². The molecule has 0 spiro atoms. The molecule has 3 aromatic rings. The Morgan fingerprint density at radius 3 is 2.62 bits per heavy atom. The SMILES string of the molecule is Cc1c(S(=O)(=O)N(C)CCn2c(=O)oc3ccccc32)cnn1C(C)C. The molecule has 0 saturated carbocycles. The van der Waals surface area contributed by atoms with Gasteiger partial charge in [-0.05, 0) is 32.9 Å². The number of sulfonamides is 1. The number of para-hydroxylation sites is 2. The standard InChI is InChI=1S/C17H22N4O4S/c1-12(2)21-13(3)16(11-18-21)26(23,24)19(4)9-10-20-14-7-5-6-8-15(14)25-17(20)22/h5-8,11-12H,9-10H2,1-4H3. The van der Waals surface area contributed by atoms with E-state index in [9.17, 15) is 13.2 Å². The smallest absolute Gasteiger partial charge is 0.408 e. The van der Waals surface area contributed by atoms with Crippen molar-refractivity contribution in [2.45, 2.75) is 38.3 Å². The molecule has 1 aromatic carbocycles. The second-order valence-electron chi connectivity index (χ2n) is 6.45. The van der Waals surface area contributed by atoms with Gasteiger partial charge in [0.1, 0.15) is 4.90 Å². The van der Waals surface area contributed by atoms with Crippen molar-refractivity contribution in [3.8, 4) is 0 Å². The maximum absolute atomic E-state index is 12.9. The Hall–Kier alpha value is -2.39. The molecule has 0 aliphatic heterocycles. The number of benzene rings is 1. The van der Waals surface area contributed by atoms with E-state index in [2.05, 4.69) is 5.10 Å². The number of fused-ring (bicyclic) bond motifs is 1. The van der Waals surface area contributed by atoms with E-state index in [1.165, 1.54) is 22.1 Å². The Morgan fingerprint density at radius 2 is 1.96 bits per heavy atom. The highest BCUT2D eigenvalue weighted by Gasteiger charge is 2.26. The fraction of sp³-hybridized carbons (Fsp3) is 0.412. The summed E-state index contributed by atoms with van der Waals surface area (Å²) in [7, 11) is -2.20. The van der Waals surface area contributed by atoms with Crippen molar-refractivity contribution in [2.24, 2.45) is 0 Å². The minimum absolute atomic E-state index is 0.0696. The number of hydrogen-bond donors (Lipinski definition) is 0. The van der Waals surface area contributed by atoms with Crippen LogP contribution >= 0.6 is 0 Å². The average Bonchev–Trinajstić information content (AvgIpc) is 3.12. The van der Waals surface area contributed by atoms with Crippen LogP contribution < -0.4 is 5.76 Å². The van der Waals surface area contributed by atoms with Gasteiger partial charge in [-0.3, -0.25) is 9.25 Å². The molecule has 0 bridgehead atoms. The molecule has 0 unspecified atom stereocenters. The Bertz CT molecular complexity index is 1090. The van der Waals surface area contributed by atoms with Crippen LogP contribution in [0.4, 0.5) is 0 Å². The maximum atomic E-state index is 12.9. The minimum Gasteiger partial charge on any atom is -0.408 e. The predicted molar refractivity (Wildman–Crippen MR) is 97.6 cm³/mol. The molecule has 0 fully saturated rings. The van der Waals surface area contributed by atoms with Crippen molar-refractivity contribution in [1.82, 2.24) is 18.7 Å². The van der Waals surface area contributed by atoms with E-state index in [-0.39, 0.29) is 24.0 Å². The molecule has 2 aromatic heterocycles. The van der Waals surface area contributed by atoms with E-state index in [1.807, 2.05) is 13.8 Å². The third-order valence-corrected chi connectivity index (χ3v) is 6.35. The van der Waals surface area contributed by atoms with Gasteiger partial charge in [-0.25, -0.2) is 13.2 Å². The molecule has 0 atom stereocenters. The van der Waals surface area contributed by atoms with Crippen molar-refractivity contribution in [2.75, 3.05) is 13.6 Å². The first-order valence-corrected chi connectivity index (χ1v) is 9.76. The summed E-state index contributed by atoms with van der Waals surface area (Å²) in [6.45, 7) is 5.95. The second kappa shape index (κ2) is 6.73. The normalized spacial score (nSPS) is 12.5. The largest absolute Gasteiger partial charge is 0.419 e. The summed E-state index contributed by atoms with van der Waals surface area (Å²) in [5, 5.41) is 4.17. The van der Waals surface area contributed by atoms with Crippen LogP contribution in [0.2, 0.25) is 0 Å². The Labute approximate surface area is 151 Å². The fourth-order valence-electron chi connectivity index (χ4n) is 2.94. The van der Waals surface area contributed by atoms with Gasteiger partial charge in [-0.15, -0.1) is 0 Å². The minimum atomic E-state index is -3.70. The van der Waals surface area contributed by atoms with Gasteiger partial charge < -0.3 is 4.42 Å². The van der Waals surface area contributed by atoms with Gasteiger partial charge in [-0.2, -0.15) is 9.40 Å². The molecule has 3 rings (SSSR count). The molecule has 0 radical (unpaired) electrons. The van der Waals surface area contributed by atoms with Gasteiger partial charge in [0.05, 0.1) is 17.4 Å². The fourth-order valence-corrected chi connectivity index (χ4v) is 4.24. The van der Waals surface area contributed by atoms with Crippen molar-refractivity contribution in [3.05, 3.63) is 46.7 Å². The lowest BCUT2D eigenvalue weighted by molar-refractivity contribution is 0.428. The van der Waals surface area contributed by atoms with Gasteiger partial charge in [0.2, 0.25) is 10.0 Å². The van der Waals surface area contributed by atoms with Crippen molar-refractivity contribution in [3.63, 3.8) is 0 Å². The summed E-state index contributed by atoms with van der Waals surface area (Å²) in [6, 6.07) is 7.13. The summed E-state index contributed by atoms with van der Waals surface area (Å²) in [6.07, 6.45) is 1.38. The molecule has 8 nitrogen and oxygen atoms in total. The van der Waals surface area contributed by atoms with Crippen LogP contribution in [-0.4, -0.2) is 40.7 Å². The molecule has 0 aliphatic rings. The number of hydrogen-bond acceptors (Lipinski definition) is 5. The topological polar surface area (TPSA) is 90.3 Å². The van der Waals surface area contributed by atoms with Crippen LogP contribution in [0.5, 0.6) is 0 Å². The summed E-state index contributed by atoms with van der Waals surface area (Å²) in [5.74, 6) is -0.499. The highest BCUT2D eigenvalue weighted by Crippen LogP contribution is 2.21. The van der Waals surface area contributed by atoms with Crippen LogP contribution in [-0.2, 0) is 16.6 Å². The van der Waals surface area contributed by atoms with E-state index in [4.69, 9.17) is 4.42 Å². The van der Waals surface area contributed by atoms with Crippen molar-refractivity contribution in [1.29, 1.82) is 0 Å². The lowest BCUT2D eigenvalue weighted by Gasteiger charge is -2.17. The van der Waals surface area contributed by atoms with Crippen LogP contribution in [0.15, 0.2) is 44.6 Å². The molecular formula is C17H22N4O4S. The third-order valence-electron chi connectivity index (χ3n) is 4.39. The molecular weight excluding hydrogens is 356 g/mol. The van der Waals surface area contributed by atoms with Crippen molar-refractivity contribution < 1.29 is 12.8 Å². The summed E-state index contributed by atoms with van der Waals surface area (Å²) in [5.41, 5.74) is 1.72. The number of likely N-dealkylation sites (N-methyl/N-ethyl adjacent to an activating group) is 1. The zero-order valence-electron chi connectivity index (χ0n) is 15.2. The Balaban J connectivity index is 1.84. The summed E-state index contributed by atoms with van der Waals surface area (Å²) in [4.78, 5) is 12.2. The number of rotatable bonds is 6. The Kier molecular flexibility index (Phi) is 4.76. The number of aromatic nitrogens is 3. The Morgan fingerprint density at radius 1 is 1.27 bits per heavy atom. The molecule has 0 amide bonds. The first-order chi connectivity index (χ1) is 12.2. The van der Waals surface area contributed by atoms with E-state index < -0.39 is 15.8 Å². The zero-order valence-corrected chi connectivity index (χ0v) is 16.0. The molecule has 0 N–H and O–H groups in total. The first kappa shape index (κ1) is 18.4. The molecule has 9 heteroatoms. The lowest BCUT2D eigenvalue weighted by Crippen LogP contribution is -2.32. The molecule has 0 saturated heterocycles. The van der Waals surface area contributed by atoms with E-state index >= 15 is 0 Å². The van der Waals surface area contributed by atoms with Gasteiger partial charge in [0.15, 0.2) is 5.58 Å².